The van der Waals surface area contributed by atoms with E-state index in [1.807, 2.05) is 31.2 Å². The number of likely N-dealkylation sites (N-methyl/N-ethyl adjacent to an activating group) is 1. The lowest BCUT2D eigenvalue weighted by atomic mass is 10.1. The van der Waals surface area contributed by atoms with Crippen LogP contribution in [0.1, 0.15) is 25.0 Å². The molecule has 0 aliphatic carbocycles. The molecule has 1 atom stereocenters. The lowest BCUT2D eigenvalue weighted by Crippen LogP contribution is -2.51. The first-order valence-electron chi connectivity index (χ1n) is 10.3. The normalized spacial score (nSPS) is 12.0. The highest BCUT2D eigenvalue weighted by Gasteiger charge is 2.30. The number of nitrogens with one attached hydrogen (secondary N) is 1. The van der Waals surface area contributed by atoms with Crippen LogP contribution in [0.3, 0.4) is 0 Å². The Morgan fingerprint density at radius 2 is 1.81 bits per heavy atom. The van der Waals surface area contributed by atoms with Crippen molar-refractivity contribution in [3.05, 3.63) is 59.7 Å². The van der Waals surface area contributed by atoms with E-state index in [-0.39, 0.29) is 12.5 Å². The summed E-state index contributed by atoms with van der Waals surface area (Å²) < 4.78 is 31.3. The Morgan fingerprint density at radius 1 is 1.12 bits per heavy atom. The Morgan fingerprint density at radius 3 is 2.41 bits per heavy atom. The number of methoxy groups -OCH3 is 1. The van der Waals surface area contributed by atoms with E-state index in [0.717, 1.165) is 21.7 Å². The third-order valence-electron chi connectivity index (χ3n) is 4.97. The van der Waals surface area contributed by atoms with Crippen molar-refractivity contribution in [1.29, 1.82) is 0 Å². The van der Waals surface area contributed by atoms with E-state index in [2.05, 4.69) is 5.32 Å². The summed E-state index contributed by atoms with van der Waals surface area (Å²) in [6, 6.07) is 13.3. The molecule has 0 aliphatic heterocycles. The van der Waals surface area contributed by atoms with Crippen molar-refractivity contribution in [3.8, 4) is 5.75 Å². The van der Waals surface area contributed by atoms with Gasteiger partial charge in [0, 0.05) is 19.2 Å². The minimum atomic E-state index is -3.78. The number of anilines is 1. The summed E-state index contributed by atoms with van der Waals surface area (Å²) >= 11 is 0. The highest BCUT2D eigenvalue weighted by atomic mass is 32.2. The van der Waals surface area contributed by atoms with Crippen molar-refractivity contribution in [3.63, 3.8) is 0 Å². The van der Waals surface area contributed by atoms with Crippen LogP contribution in [0.4, 0.5) is 5.69 Å². The number of hydrogen-bond donors (Lipinski definition) is 1. The molecule has 0 aromatic heterocycles. The molecule has 0 saturated heterocycles. The van der Waals surface area contributed by atoms with Gasteiger partial charge in [-0.3, -0.25) is 13.9 Å². The minimum Gasteiger partial charge on any atom is -0.497 e. The maximum atomic E-state index is 13.4. The topological polar surface area (TPSA) is 96.0 Å². The van der Waals surface area contributed by atoms with E-state index >= 15 is 0 Å². The van der Waals surface area contributed by atoms with Gasteiger partial charge in [-0.15, -0.1) is 0 Å². The van der Waals surface area contributed by atoms with Crippen LogP contribution >= 0.6 is 0 Å². The van der Waals surface area contributed by atoms with Crippen LogP contribution in [0.2, 0.25) is 0 Å². The van der Waals surface area contributed by atoms with Gasteiger partial charge in [-0.1, -0.05) is 35.9 Å². The van der Waals surface area contributed by atoms with Crippen LogP contribution in [0.15, 0.2) is 48.5 Å². The number of aryl methyl sites for hydroxylation is 1. The van der Waals surface area contributed by atoms with Gasteiger partial charge in [0.05, 0.1) is 19.1 Å². The van der Waals surface area contributed by atoms with Crippen LogP contribution < -0.4 is 14.4 Å². The van der Waals surface area contributed by atoms with Crippen LogP contribution in [-0.4, -0.2) is 57.6 Å². The maximum Gasteiger partial charge on any atom is 0.244 e. The van der Waals surface area contributed by atoms with E-state index in [4.69, 9.17) is 4.74 Å². The van der Waals surface area contributed by atoms with E-state index in [1.165, 1.54) is 12.0 Å². The smallest absolute Gasteiger partial charge is 0.244 e. The number of ether oxygens (including phenoxy) is 1. The number of carbonyl (C=O) groups excluding carboxylic acids is 2. The van der Waals surface area contributed by atoms with E-state index in [0.29, 0.717) is 18.0 Å². The Bertz CT molecular complexity index is 1060. The summed E-state index contributed by atoms with van der Waals surface area (Å²) in [6.45, 7) is 5.53. The average Bonchev–Trinajstić information content (AvgIpc) is 2.74. The molecule has 0 aliphatic rings. The van der Waals surface area contributed by atoms with Gasteiger partial charge in [-0.05, 0) is 38.5 Å². The second-order valence-corrected chi connectivity index (χ2v) is 9.46. The Hall–Kier alpha value is -3.07. The number of rotatable bonds is 10. The lowest BCUT2D eigenvalue weighted by molar-refractivity contribution is -0.139. The quantitative estimate of drug-likeness (QED) is 0.586. The molecular weight excluding hydrogens is 430 g/mol. The van der Waals surface area contributed by atoms with E-state index < -0.39 is 28.5 Å². The van der Waals surface area contributed by atoms with Gasteiger partial charge in [0.15, 0.2) is 0 Å². The second-order valence-electron chi connectivity index (χ2n) is 7.55. The zero-order valence-corrected chi connectivity index (χ0v) is 20.0. The monoisotopic (exact) mass is 461 g/mol. The second kappa shape index (κ2) is 11.0. The van der Waals surface area contributed by atoms with Crippen LogP contribution in [-0.2, 0) is 26.2 Å². The molecule has 0 radical (unpaired) electrons. The standard InChI is InChI=1S/C23H31N3O5S/c1-6-24-23(28)18(3)25(15-19-10-7-9-17(2)13-19)22(27)16-26(32(5,29)30)20-11-8-12-21(14-20)31-4/h7-14,18H,6,15-16H2,1-5H3,(H,24,28)/t18-/m1/s1. The average molecular weight is 462 g/mol. The van der Waals surface area contributed by atoms with Gasteiger partial charge < -0.3 is 15.0 Å². The molecule has 0 unspecified atom stereocenters. The first-order chi connectivity index (χ1) is 15.1. The van der Waals surface area contributed by atoms with Gasteiger partial charge in [0.25, 0.3) is 0 Å². The number of amides is 2. The fraction of sp³-hybridized carbons (Fsp3) is 0.391. The minimum absolute atomic E-state index is 0.175. The molecule has 2 aromatic rings. The lowest BCUT2D eigenvalue weighted by Gasteiger charge is -2.31. The molecule has 0 bridgehead atoms. The molecule has 2 amide bonds. The molecule has 1 N–H and O–H groups in total. The third kappa shape index (κ3) is 6.71. The zero-order valence-electron chi connectivity index (χ0n) is 19.2. The first kappa shape index (κ1) is 25.2. The zero-order chi connectivity index (χ0) is 23.9. The predicted octanol–water partition coefficient (Wildman–Crippen LogP) is 2.32. The number of hydrogen-bond acceptors (Lipinski definition) is 5. The van der Waals surface area contributed by atoms with Crippen LogP contribution in [0, 0.1) is 6.92 Å². The number of carbonyl (C=O) groups is 2. The Labute approximate surface area is 190 Å². The van der Waals surface area contributed by atoms with Crippen molar-refractivity contribution in [1.82, 2.24) is 10.2 Å². The van der Waals surface area contributed by atoms with Gasteiger partial charge in [0.2, 0.25) is 21.8 Å². The maximum absolute atomic E-state index is 13.4. The molecule has 174 valence electrons. The summed E-state index contributed by atoms with van der Waals surface area (Å²) in [7, 11) is -2.30. The molecule has 8 nitrogen and oxygen atoms in total. The number of benzene rings is 2. The molecule has 9 heteroatoms. The SMILES string of the molecule is CCNC(=O)[C@@H](C)N(Cc1cccc(C)c1)C(=O)CN(c1cccc(OC)c1)S(C)(=O)=O. The summed E-state index contributed by atoms with van der Waals surface area (Å²) in [5, 5.41) is 2.73. The largest absolute Gasteiger partial charge is 0.497 e. The Balaban J connectivity index is 2.39. The Kier molecular flexibility index (Phi) is 8.65. The fourth-order valence-electron chi connectivity index (χ4n) is 3.29. The summed E-state index contributed by atoms with van der Waals surface area (Å²) in [4.78, 5) is 27.3. The first-order valence-corrected chi connectivity index (χ1v) is 12.2. The third-order valence-corrected chi connectivity index (χ3v) is 6.11. The molecular formula is C23H31N3O5S. The van der Waals surface area contributed by atoms with Crippen LogP contribution in [0.25, 0.3) is 0 Å². The predicted molar refractivity (Wildman–Crippen MR) is 125 cm³/mol. The molecule has 2 rings (SSSR count). The van der Waals surface area contributed by atoms with Gasteiger partial charge in [0.1, 0.15) is 18.3 Å². The fourth-order valence-corrected chi connectivity index (χ4v) is 4.13. The molecule has 0 saturated carbocycles. The highest BCUT2D eigenvalue weighted by Crippen LogP contribution is 2.23. The van der Waals surface area contributed by atoms with Crippen molar-refractivity contribution >= 4 is 27.5 Å². The number of sulfonamides is 1. The van der Waals surface area contributed by atoms with Crippen LogP contribution in [0.5, 0.6) is 5.75 Å². The van der Waals surface area contributed by atoms with Crippen molar-refractivity contribution in [2.45, 2.75) is 33.4 Å². The van der Waals surface area contributed by atoms with Crippen molar-refractivity contribution in [2.75, 3.05) is 30.8 Å². The van der Waals surface area contributed by atoms with E-state index in [1.54, 1.807) is 38.1 Å². The molecule has 32 heavy (non-hydrogen) atoms. The van der Waals surface area contributed by atoms with E-state index in [9.17, 15) is 18.0 Å². The van der Waals surface area contributed by atoms with Gasteiger partial charge in [-0.25, -0.2) is 8.42 Å². The summed E-state index contributed by atoms with van der Waals surface area (Å²) in [6.07, 6.45) is 1.04. The summed E-state index contributed by atoms with van der Waals surface area (Å²) in [5.74, 6) is -0.324. The molecule has 0 fully saturated rings. The number of nitrogens with zero attached hydrogens (tertiary/aromatic N) is 2. The van der Waals surface area contributed by atoms with Gasteiger partial charge in [-0.2, -0.15) is 0 Å². The van der Waals surface area contributed by atoms with Crippen molar-refractivity contribution < 1.29 is 22.7 Å². The summed E-state index contributed by atoms with van der Waals surface area (Å²) in [5.41, 5.74) is 2.18. The highest BCUT2D eigenvalue weighted by molar-refractivity contribution is 7.92. The molecule has 2 aromatic carbocycles. The molecule has 0 heterocycles. The van der Waals surface area contributed by atoms with Gasteiger partial charge >= 0.3 is 0 Å². The van der Waals surface area contributed by atoms with Crippen molar-refractivity contribution in [2.24, 2.45) is 0 Å². The molecule has 0 spiro atoms.